The van der Waals surface area contributed by atoms with Gasteiger partial charge in [0.2, 0.25) is 0 Å². The fourth-order valence-corrected chi connectivity index (χ4v) is 5.81. The minimum absolute atomic E-state index is 0.543. The third-order valence-electron chi connectivity index (χ3n) is 6.42. The van der Waals surface area contributed by atoms with Gasteiger partial charge < -0.3 is 5.32 Å². The zero-order valence-corrected chi connectivity index (χ0v) is 12.9. The summed E-state index contributed by atoms with van der Waals surface area (Å²) in [6.07, 6.45) is 14.4. The Balaban J connectivity index is 1.54. The van der Waals surface area contributed by atoms with Crippen molar-refractivity contribution in [1.82, 2.24) is 0 Å². The lowest BCUT2D eigenvalue weighted by Crippen LogP contribution is -2.52. The zero-order chi connectivity index (χ0) is 14.4. The van der Waals surface area contributed by atoms with Crippen LogP contribution >= 0.6 is 0 Å². The van der Waals surface area contributed by atoms with E-state index in [1.54, 1.807) is 0 Å². The van der Waals surface area contributed by atoms with Crippen molar-refractivity contribution in [3.05, 3.63) is 29.8 Å². The van der Waals surface area contributed by atoms with Crippen molar-refractivity contribution >= 4 is 5.69 Å². The Morgan fingerprint density at radius 1 is 1.14 bits per heavy atom. The lowest BCUT2D eigenvalue weighted by Gasteiger charge is -2.59. The normalized spacial score (nSPS) is 38.0. The second-order valence-corrected chi connectivity index (χ2v) is 7.87. The van der Waals surface area contributed by atoms with E-state index in [1.807, 2.05) is 6.07 Å². The highest BCUT2D eigenvalue weighted by molar-refractivity contribution is 5.50. The second kappa shape index (κ2) is 4.80. The Hall–Kier alpha value is -1.42. The highest BCUT2D eigenvalue weighted by Crippen LogP contribution is 2.61. The van der Waals surface area contributed by atoms with Gasteiger partial charge in [0.05, 0.1) is 0 Å². The predicted molar refractivity (Wildman–Crippen MR) is 88.1 cm³/mol. The van der Waals surface area contributed by atoms with Crippen molar-refractivity contribution in [3.8, 4) is 12.3 Å². The number of benzene rings is 1. The number of rotatable bonds is 3. The van der Waals surface area contributed by atoms with Gasteiger partial charge in [-0.15, -0.1) is 6.42 Å². The monoisotopic (exact) mass is 279 g/mol. The first-order chi connectivity index (χ1) is 10.2. The van der Waals surface area contributed by atoms with Gasteiger partial charge in [0.1, 0.15) is 0 Å². The van der Waals surface area contributed by atoms with Crippen LogP contribution in [0.1, 0.15) is 51.0 Å². The lowest BCUT2D eigenvalue weighted by atomic mass is 9.48. The minimum atomic E-state index is 0.543. The van der Waals surface area contributed by atoms with Crippen molar-refractivity contribution in [3.63, 3.8) is 0 Å². The first kappa shape index (κ1) is 13.3. The van der Waals surface area contributed by atoms with E-state index in [1.165, 1.54) is 44.2 Å². The lowest BCUT2D eigenvalue weighted by molar-refractivity contribution is -0.0602. The average Bonchev–Trinajstić information content (AvgIpc) is 2.46. The molecule has 110 valence electrons. The Bertz CT molecular complexity index is 544. The van der Waals surface area contributed by atoms with E-state index in [0.717, 1.165) is 23.3 Å². The third-order valence-corrected chi connectivity index (χ3v) is 6.42. The molecule has 1 aromatic carbocycles. The second-order valence-electron chi connectivity index (χ2n) is 7.87. The van der Waals surface area contributed by atoms with E-state index in [-0.39, 0.29) is 0 Å². The summed E-state index contributed by atoms with van der Waals surface area (Å²) in [5.41, 5.74) is 2.70. The molecular weight excluding hydrogens is 254 g/mol. The van der Waals surface area contributed by atoms with Crippen LogP contribution in [0.4, 0.5) is 5.69 Å². The molecule has 1 unspecified atom stereocenters. The van der Waals surface area contributed by atoms with E-state index < -0.39 is 0 Å². The number of nitrogens with one attached hydrogen (secondary N) is 1. The molecule has 4 aliphatic rings. The quantitative estimate of drug-likeness (QED) is 0.792. The molecule has 4 saturated carbocycles. The molecule has 0 heterocycles. The van der Waals surface area contributed by atoms with E-state index in [2.05, 4.69) is 36.4 Å². The largest absolute Gasteiger partial charge is 0.382 e. The molecule has 0 spiro atoms. The van der Waals surface area contributed by atoms with Gasteiger partial charge >= 0.3 is 0 Å². The molecular formula is C20H25N. The van der Waals surface area contributed by atoms with Gasteiger partial charge in [0.25, 0.3) is 0 Å². The van der Waals surface area contributed by atoms with Crippen LogP contribution in [0.5, 0.6) is 0 Å². The van der Waals surface area contributed by atoms with Crippen molar-refractivity contribution in [2.75, 3.05) is 5.32 Å². The number of anilines is 1. The molecule has 0 aromatic heterocycles. The van der Waals surface area contributed by atoms with Crippen molar-refractivity contribution in [2.45, 2.75) is 51.5 Å². The van der Waals surface area contributed by atoms with E-state index >= 15 is 0 Å². The zero-order valence-electron chi connectivity index (χ0n) is 12.9. The van der Waals surface area contributed by atoms with Gasteiger partial charge in [-0.2, -0.15) is 0 Å². The molecule has 1 nitrogen and oxygen atoms in total. The summed E-state index contributed by atoms with van der Waals surface area (Å²) in [7, 11) is 0. The molecule has 1 aromatic rings. The highest BCUT2D eigenvalue weighted by atomic mass is 14.9. The molecule has 0 radical (unpaired) electrons. The average molecular weight is 279 g/mol. The SMILES string of the molecule is C#Cc1cccc(NC(C)C23CC4CC(CC(C4)C2)C3)c1. The number of terminal acetylenes is 1. The molecule has 21 heavy (non-hydrogen) atoms. The Morgan fingerprint density at radius 2 is 1.76 bits per heavy atom. The molecule has 4 fully saturated rings. The molecule has 1 heteroatoms. The first-order valence-electron chi connectivity index (χ1n) is 8.50. The maximum absolute atomic E-state index is 5.52. The van der Waals surface area contributed by atoms with Crippen molar-refractivity contribution < 1.29 is 0 Å². The molecule has 5 rings (SSSR count). The van der Waals surface area contributed by atoms with Crippen molar-refractivity contribution in [2.24, 2.45) is 23.2 Å². The predicted octanol–water partition coefficient (Wildman–Crippen LogP) is 4.68. The van der Waals surface area contributed by atoms with Crippen molar-refractivity contribution in [1.29, 1.82) is 0 Å². The summed E-state index contributed by atoms with van der Waals surface area (Å²) in [5.74, 6) is 5.77. The van der Waals surface area contributed by atoms with E-state index in [9.17, 15) is 0 Å². The van der Waals surface area contributed by atoms with Gasteiger partial charge in [-0.3, -0.25) is 0 Å². The van der Waals surface area contributed by atoms with Crippen LogP contribution in [-0.2, 0) is 0 Å². The van der Waals surface area contributed by atoms with Gasteiger partial charge in [-0.25, -0.2) is 0 Å². The smallest absolute Gasteiger partial charge is 0.0354 e. The fraction of sp³-hybridized carbons (Fsp3) is 0.600. The van der Waals surface area contributed by atoms with Gasteiger partial charge in [-0.1, -0.05) is 12.0 Å². The van der Waals surface area contributed by atoms with Crippen LogP contribution in [0, 0.1) is 35.5 Å². The van der Waals surface area contributed by atoms with Gasteiger partial charge in [0.15, 0.2) is 0 Å². The van der Waals surface area contributed by atoms with E-state index in [4.69, 9.17) is 6.42 Å². The molecule has 4 bridgehead atoms. The molecule has 0 amide bonds. The Kier molecular flexibility index (Phi) is 3.03. The third kappa shape index (κ3) is 2.26. The van der Waals surface area contributed by atoms with Crippen LogP contribution in [0.2, 0.25) is 0 Å². The number of hydrogen-bond acceptors (Lipinski definition) is 1. The van der Waals surface area contributed by atoms with Crippen LogP contribution in [0.3, 0.4) is 0 Å². The topological polar surface area (TPSA) is 12.0 Å². The summed E-state index contributed by atoms with van der Waals surface area (Å²) in [4.78, 5) is 0. The standard InChI is InChI=1S/C20H25N/c1-3-15-5-4-6-19(10-15)21-14(2)20-11-16-7-17(12-20)9-18(8-16)13-20/h1,4-6,10,14,16-18,21H,7-9,11-13H2,2H3. The van der Waals surface area contributed by atoms with Crippen LogP contribution < -0.4 is 5.32 Å². The first-order valence-corrected chi connectivity index (χ1v) is 8.50. The minimum Gasteiger partial charge on any atom is -0.382 e. The van der Waals surface area contributed by atoms with Crippen LogP contribution in [0.15, 0.2) is 24.3 Å². The van der Waals surface area contributed by atoms with Gasteiger partial charge in [0, 0.05) is 17.3 Å². The Labute approximate surface area is 128 Å². The summed E-state index contributed by atoms with van der Waals surface area (Å²) < 4.78 is 0. The summed E-state index contributed by atoms with van der Waals surface area (Å²) in [6.45, 7) is 2.40. The van der Waals surface area contributed by atoms with Crippen LogP contribution in [-0.4, -0.2) is 6.04 Å². The maximum atomic E-state index is 5.52. The fourth-order valence-electron chi connectivity index (χ4n) is 5.81. The molecule has 0 aliphatic heterocycles. The molecule has 0 saturated heterocycles. The highest BCUT2D eigenvalue weighted by Gasteiger charge is 2.53. The Morgan fingerprint density at radius 3 is 2.33 bits per heavy atom. The van der Waals surface area contributed by atoms with E-state index in [0.29, 0.717) is 11.5 Å². The maximum Gasteiger partial charge on any atom is 0.0354 e. The molecule has 1 N–H and O–H groups in total. The number of hydrogen-bond donors (Lipinski definition) is 1. The summed E-state index contributed by atoms with van der Waals surface area (Å²) >= 11 is 0. The summed E-state index contributed by atoms with van der Waals surface area (Å²) in [5, 5.41) is 3.78. The summed E-state index contributed by atoms with van der Waals surface area (Å²) in [6, 6.07) is 8.87. The molecule has 4 aliphatic carbocycles. The van der Waals surface area contributed by atoms with Gasteiger partial charge in [-0.05, 0) is 86.8 Å². The van der Waals surface area contributed by atoms with Crippen LogP contribution in [0.25, 0.3) is 0 Å². The molecule has 1 atom stereocenters.